The molecule has 1 amide bonds. The molecule has 0 aliphatic carbocycles. The van der Waals surface area contributed by atoms with Crippen LogP contribution in [0.1, 0.15) is 49.5 Å². The van der Waals surface area contributed by atoms with Gasteiger partial charge in [-0.3, -0.25) is 9.69 Å². The molecule has 0 spiro atoms. The van der Waals surface area contributed by atoms with E-state index in [4.69, 9.17) is 14.2 Å². The Morgan fingerprint density at radius 3 is 2.09 bits per heavy atom. The highest BCUT2D eigenvalue weighted by molar-refractivity contribution is 5.95. The fourth-order valence-electron chi connectivity index (χ4n) is 4.05. The van der Waals surface area contributed by atoms with Crippen LogP contribution in [-0.2, 0) is 6.54 Å². The Balaban J connectivity index is 1.56. The first kappa shape index (κ1) is 23.9. The number of nitrogens with one attached hydrogen (secondary N) is 1. The lowest BCUT2D eigenvalue weighted by atomic mass is 9.96. The van der Waals surface area contributed by atoms with Crippen molar-refractivity contribution in [2.24, 2.45) is 5.92 Å². The SMILES string of the molecule is CCOc1cc(C(=O)NCC2CCN(Cc3ccccc3)CC2)cc(OCC)c1OCC. The monoisotopic (exact) mass is 440 g/mol. The molecule has 0 saturated carbocycles. The van der Waals surface area contributed by atoms with Crippen molar-refractivity contribution in [1.29, 1.82) is 0 Å². The van der Waals surface area contributed by atoms with E-state index in [1.807, 2.05) is 20.8 Å². The van der Waals surface area contributed by atoms with Gasteiger partial charge in [-0.15, -0.1) is 0 Å². The Bertz CT molecular complexity index is 821. The third kappa shape index (κ3) is 6.63. The van der Waals surface area contributed by atoms with E-state index in [2.05, 4.69) is 40.5 Å². The van der Waals surface area contributed by atoms with Gasteiger partial charge < -0.3 is 19.5 Å². The van der Waals surface area contributed by atoms with Crippen LogP contribution < -0.4 is 19.5 Å². The zero-order valence-corrected chi connectivity index (χ0v) is 19.6. The molecule has 174 valence electrons. The first-order valence-electron chi connectivity index (χ1n) is 11.7. The standard InChI is InChI=1S/C26H36N2O4/c1-4-30-23-16-22(17-24(31-5-2)25(23)32-6-3)26(29)27-18-20-12-14-28(15-13-20)19-21-10-8-7-9-11-21/h7-11,16-17,20H,4-6,12-15,18-19H2,1-3H3,(H,27,29). The molecule has 1 saturated heterocycles. The van der Waals surface area contributed by atoms with Gasteiger partial charge in [0.05, 0.1) is 19.8 Å². The van der Waals surface area contributed by atoms with Crippen LogP contribution in [0, 0.1) is 5.92 Å². The van der Waals surface area contributed by atoms with Crippen molar-refractivity contribution in [2.45, 2.75) is 40.2 Å². The lowest BCUT2D eigenvalue weighted by Crippen LogP contribution is -2.38. The van der Waals surface area contributed by atoms with Gasteiger partial charge >= 0.3 is 0 Å². The van der Waals surface area contributed by atoms with Crippen LogP contribution >= 0.6 is 0 Å². The van der Waals surface area contributed by atoms with Crippen LogP contribution in [0.3, 0.4) is 0 Å². The van der Waals surface area contributed by atoms with E-state index in [1.165, 1.54) is 5.56 Å². The van der Waals surface area contributed by atoms with Gasteiger partial charge in [-0.2, -0.15) is 0 Å². The molecule has 32 heavy (non-hydrogen) atoms. The Morgan fingerprint density at radius 2 is 1.53 bits per heavy atom. The molecule has 6 heteroatoms. The van der Waals surface area contributed by atoms with Gasteiger partial charge in [0, 0.05) is 18.7 Å². The fourth-order valence-corrected chi connectivity index (χ4v) is 4.05. The topological polar surface area (TPSA) is 60.0 Å². The summed E-state index contributed by atoms with van der Waals surface area (Å²) in [6.45, 7) is 11.0. The van der Waals surface area contributed by atoms with Gasteiger partial charge in [0.25, 0.3) is 5.91 Å². The molecule has 1 aliphatic rings. The Kier molecular flexibility index (Phi) is 9.23. The third-order valence-electron chi connectivity index (χ3n) is 5.68. The van der Waals surface area contributed by atoms with Crippen molar-refractivity contribution in [2.75, 3.05) is 39.5 Å². The average Bonchev–Trinajstić information content (AvgIpc) is 2.81. The highest BCUT2D eigenvalue weighted by atomic mass is 16.5. The molecule has 1 heterocycles. The molecule has 6 nitrogen and oxygen atoms in total. The van der Waals surface area contributed by atoms with Crippen molar-refractivity contribution in [3.05, 3.63) is 53.6 Å². The van der Waals surface area contributed by atoms with Gasteiger partial charge in [0.1, 0.15) is 0 Å². The zero-order chi connectivity index (χ0) is 22.8. The summed E-state index contributed by atoms with van der Waals surface area (Å²) in [7, 11) is 0. The summed E-state index contributed by atoms with van der Waals surface area (Å²) < 4.78 is 17.2. The van der Waals surface area contributed by atoms with Gasteiger partial charge in [-0.1, -0.05) is 30.3 Å². The predicted octanol–water partition coefficient (Wildman–Crippen LogP) is 4.52. The second-order valence-electron chi connectivity index (χ2n) is 8.02. The summed E-state index contributed by atoms with van der Waals surface area (Å²) in [5.74, 6) is 2.02. The Hall–Kier alpha value is -2.73. The molecule has 0 atom stereocenters. The third-order valence-corrected chi connectivity index (χ3v) is 5.68. The second-order valence-corrected chi connectivity index (χ2v) is 8.02. The molecule has 1 fully saturated rings. The van der Waals surface area contributed by atoms with Gasteiger partial charge in [0.2, 0.25) is 5.75 Å². The normalized spacial score (nSPS) is 14.7. The van der Waals surface area contributed by atoms with Crippen molar-refractivity contribution in [1.82, 2.24) is 10.2 Å². The van der Waals surface area contributed by atoms with E-state index < -0.39 is 0 Å². The number of ether oxygens (including phenoxy) is 3. The van der Waals surface area contributed by atoms with E-state index in [9.17, 15) is 4.79 Å². The van der Waals surface area contributed by atoms with Crippen LogP contribution in [0.2, 0.25) is 0 Å². The molecule has 2 aromatic carbocycles. The average molecular weight is 441 g/mol. The van der Waals surface area contributed by atoms with E-state index in [1.54, 1.807) is 12.1 Å². The molecule has 1 aliphatic heterocycles. The van der Waals surface area contributed by atoms with E-state index >= 15 is 0 Å². The Morgan fingerprint density at radius 1 is 0.938 bits per heavy atom. The summed E-state index contributed by atoms with van der Waals surface area (Å²) in [6.07, 6.45) is 2.18. The highest BCUT2D eigenvalue weighted by Gasteiger charge is 2.22. The minimum absolute atomic E-state index is 0.110. The van der Waals surface area contributed by atoms with Crippen molar-refractivity contribution in [3.8, 4) is 17.2 Å². The summed E-state index contributed by atoms with van der Waals surface area (Å²) in [5.41, 5.74) is 1.88. The second kappa shape index (κ2) is 12.3. The molecular formula is C26H36N2O4. The molecule has 1 N–H and O–H groups in total. The maximum absolute atomic E-state index is 12.9. The molecule has 3 rings (SSSR count). The molecule has 0 bridgehead atoms. The first-order chi connectivity index (χ1) is 15.6. The predicted molar refractivity (Wildman–Crippen MR) is 127 cm³/mol. The number of carbonyl (C=O) groups excluding carboxylic acids is 1. The lowest BCUT2D eigenvalue weighted by molar-refractivity contribution is 0.0934. The lowest BCUT2D eigenvalue weighted by Gasteiger charge is -2.32. The highest BCUT2D eigenvalue weighted by Crippen LogP contribution is 2.39. The number of hydrogen-bond donors (Lipinski definition) is 1. The minimum Gasteiger partial charge on any atom is -0.490 e. The summed E-state index contributed by atoms with van der Waals surface area (Å²) >= 11 is 0. The van der Waals surface area contributed by atoms with Crippen molar-refractivity contribution >= 4 is 5.91 Å². The largest absolute Gasteiger partial charge is 0.490 e. The van der Waals surface area contributed by atoms with Crippen LogP contribution in [0.25, 0.3) is 0 Å². The molecule has 0 radical (unpaired) electrons. The molecular weight excluding hydrogens is 404 g/mol. The van der Waals surface area contributed by atoms with E-state index in [0.717, 1.165) is 32.5 Å². The number of piperidine rings is 1. The summed E-state index contributed by atoms with van der Waals surface area (Å²) in [5, 5.41) is 3.11. The maximum atomic E-state index is 12.9. The number of likely N-dealkylation sites (tertiary alicyclic amines) is 1. The van der Waals surface area contributed by atoms with Gasteiger partial charge in [-0.05, 0) is 70.3 Å². The van der Waals surface area contributed by atoms with Crippen LogP contribution in [-0.4, -0.2) is 50.3 Å². The number of nitrogens with zero attached hydrogens (tertiary/aromatic N) is 1. The van der Waals surface area contributed by atoms with Crippen LogP contribution in [0.4, 0.5) is 0 Å². The quantitative estimate of drug-likeness (QED) is 0.557. The number of rotatable bonds is 11. The van der Waals surface area contributed by atoms with Crippen molar-refractivity contribution < 1.29 is 19.0 Å². The number of benzene rings is 2. The Labute approximate surface area is 191 Å². The maximum Gasteiger partial charge on any atom is 0.251 e. The molecule has 0 aromatic heterocycles. The van der Waals surface area contributed by atoms with Gasteiger partial charge in [0.15, 0.2) is 11.5 Å². The van der Waals surface area contributed by atoms with E-state index in [0.29, 0.717) is 55.1 Å². The van der Waals surface area contributed by atoms with Gasteiger partial charge in [-0.25, -0.2) is 0 Å². The number of amides is 1. The summed E-state index contributed by atoms with van der Waals surface area (Å²) in [4.78, 5) is 15.4. The fraction of sp³-hybridized carbons (Fsp3) is 0.500. The van der Waals surface area contributed by atoms with Crippen LogP contribution in [0.5, 0.6) is 17.2 Å². The van der Waals surface area contributed by atoms with E-state index in [-0.39, 0.29) is 5.91 Å². The number of carbonyl (C=O) groups is 1. The molecule has 2 aromatic rings. The summed E-state index contributed by atoms with van der Waals surface area (Å²) in [6, 6.07) is 14.1. The zero-order valence-electron chi connectivity index (χ0n) is 19.6. The minimum atomic E-state index is -0.110. The molecule has 0 unspecified atom stereocenters. The first-order valence-corrected chi connectivity index (χ1v) is 11.7. The van der Waals surface area contributed by atoms with Crippen molar-refractivity contribution in [3.63, 3.8) is 0 Å². The van der Waals surface area contributed by atoms with Crippen LogP contribution in [0.15, 0.2) is 42.5 Å². The number of hydrogen-bond acceptors (Lipinski definition) is 5. The smallest absolute Gasteiger partial charge is 0.251 e.